The Morgan fingerprint density at radius 2 is 2.21 bits per heavy atom. The van der Waals surface area contributed by atoms with Crippen molar-refractivity contribution in [3.05, 3.63) is 24.0 Å². The lowest BCUT2D eigenvalue weighted by Crippen LogP contribution is -2.33. The molecule has 0 saturated carbocycles. The first kappa shape index (κ1) is 14.4. The highest BCUT2D eigenvalue weighted by molar-refractivity contribution is 5.05. The molecule has 6 heteroatoms. The van der Waals surface area contributed by atoms with Crippen LogP contribution in [0.15, 0.2) is 18.3 Å². The molecular weight excluding hydrogens is 255 g/mol. The highest BCUT2D eigenvalue weighted by atomic mass is 19.4. The summed E-state index contributed by atoms with van der Waals surface area (Å²) in [4.78, 5) is 1.49. The molecule has 0 aromatic carbocycles. The fraction of sp³-hybridized carbons (Fsp3) is 0.692. The molecule has 1 unspecified atom stereocenters. The van der Waals surface area contributed by atoms with Crippen molar-refractivity contribution in [3.8, 4) is 0 Å². The lowest BCUT2D eigenvalue weighted by molar-refractivity contribution is -0.143. The lowest BCUT2D eigenvalue weighted by Gasteiger charge is -2.18. The highest BCUT2D eigenvalue weighted by Gasteiger charge is 2.34. The first-order valence-electron chi connectivity index (χ1n) is 6.54. The van der Waals surface area contributed by atoms with Gasteiger partial charge in [-0.15, -0.1) is 0 Å². The molecule has 1 saturated heterocycles. The average Bonchev–Trinajstić information content (AvgIpc) is 2.87. The molecule has 1 aliphatic rings. The van der Waals surface area contributed by atoms with E-state index in [9.17, 15) is 13.2 Å². The Labute approximate surface area is 111 Å². The van der Waals surface area contributed by atoms with Gasteiger partial charge >= 0.3 is 6.18 Å². The monoisotopic (exact) mass is 275 g/mol. The highest BCUT2D eigenvalue weighted by Crippen LogP contribution is 2.22. The first-order chi connectivity index (χ1) is 8.94. The molecule has 0 radical (unpaired) electrons. The number of nitrogens with one attached hydrogen (secondary N) is 1. The summed E-state index contributed by atoms with van der Waals surface area (Å²) in [5, 5.41) is 3.33. The third-order valence-electron chi connectivity index (χ3n) is 3.56. The van der Waals surface area contributed by atoms with Gasteiger partial charge in [-0.3, -0.25) is 4.90 Å². The summed E-state index contributed by atoms with van der Waals surface area (Å²) in [7, 11) is 1.98. The summed E-state index contributed by atoms with van der Waals surface area (Å²) < 4.78 is 38.8. The van der Waals surface area contributed by atoms with E-state index < -0.39 is 12.7 Å². The summed E-state index contributed by atoms with van der Waals surface area (Å²) >= 11 is 0. The van der Waals surface area contributed by atoms with Gasteiger partial charge in [0, 0.05) is 32.0 Å². The molecule has 19 heavy (non-hydrogen) atoms. The lowest BCUT2D eigenvalue weighted by atomic mass is 10.1. The van der Waals surface area contributed by atoms with Crippen LogP contribution in [0.4, 0.5) is 13.2 Å². The molecule has 3 nitrogen and oxygen atoms in total. The molecule has 1 aromatic rings. The Balaban J connectivity index is 1.67. The van der Waals surface area contributed by atoms with Crippen LogP contribution in [-0.4, -0.2) is 41.8 Å². The summed E-state index contributed by atoms with van der Waals surface area (Å²) in [6.07, 6.45) is -1.25. The minimum absolute atomic E-state index is 0.322. The summed E-state index contributed by atoms with van der Waals surface area (Å²) in [5.74, 6) is 0.322. The molecule has 1 fully saturated rings. The van der Waals surface area contributed by atoms with Gasteiger partial charge in [0.15, 0.2) is 0 Å². The van der Waals surface area contributed by atoms with Crippen molar-refractivity contribution < 1.29 is 13.2 Å². The van der Waals surface area contributed by atoms with Gasteiger partial charge in [-0.2, -0.15) is 13.2 Å². The molecule has 0 bridgehead atoms. The van der Waals surface area contributed by atoms with Crippen LogP contribution >= 0.6 is 0 Å². The van der Waals surface area contributed by atoms with E-state index in [0.29, 0.717) is 19.0 Å². The van der Waals surface area contributed by atoms with E-state index in [2.05, 4.69) is 5.32 Å². The van der Waals surface area contributed by atoms with E-state index in [0.717, 1.165) is 19.5 Å². The zero-order valence-electron chi connectivity index (χ0n) is 11.1. The Morgan fingerprint density at radius 3 is 2.84 bits per heavy atom. The van der Waals surface area contributed by atoms with Gasteiger partial charge in [0.05, 0.1) is 6.54 Å². The molecule has 1 aromatic heterocycles. The quantitative estimate of drug-likeness (QED) is 0.887. The van der Waals surface area contributed by atoms with Crippen LogP contribution in [0, 0.1) is 5.92 Å². The van der Waals surface area contributed by atoms with Crippen molar-refractivity contribution in [2.24, 2.45) is 13.0 Å². The van der Waals surface area contributed by atoms with E-state index in [-0.39, 0.29) is 0 Å². The zero-order valence-corrected chi connectivity index (χ0v) is 11.1. The Bertz CT molecular complexity index is 400. The van der Waals surface area contributed by atoms with Crippen molar-refractivity contribution in [1.82, 2.24) is 14.8 Å². The molecule has 1 atom stereocenters. The number of halogens is 3. The van der Waals surface area contributed by atoms with Crippen molar-refractivity contribution >= 4 is 0 Å². The van der Waals surface area contributed by atoms with Gasteiger partial charge in [0.1, 0.15) is 0 Å². The van der Waals surface area contributed by atoms with Gasteiger partial charge in [0.25, 0.3) is 0 Å². The largest absolute Gasteiger partial charge is 0.401 e. The SMILES string of the molecule is Cn1cccc1CNCC1CCN(CC(F)(F)F)C1. The molecule has 2 rings (SSSR count). The number of hydrogen-bond donors (Lipinski definition) is 1. The van der Waals surface area contributed by atoms with Gasteiger partial charge < -0.3 is 9.88 Å². The molecule has 0 aliphatic carbocycles. The number of alkyl halides is 3. The topological polar surface area (TPSA) is 20.2 Å². The second-order valence-electron chi connectivity index (χ2n) is 5.25. The van der Waals surface area contributed by atoms with Gasteiger partial charge in [0.2, 0.25) is 0 Å². The summed E-state index contributed by atoms with van der Waals surface area (Å²) in [6.45, 7) is 1.86. The zero-order chi connectivity index (χ0) is 13.9. The van der Waals surface area contributed by atoms with E-state index in [1.807, 2.05) is 29.9 Å². The molecule has 1 N–H and O–H groups in total. The molecular formula is C13H20F3N3. The third kappa shape index (κ3) is 4.54. The van der Waals surface area contributed by atoms with Crippen molar-refractivity contribution in [2.45, 2.75) is 19.1 Å². The van der Waals surface area contributed by atoms with Crippen molar-refractivity contribution in [3.63, 3.8) is 0 Å². The van der Waals surface area contributed by atoms with Crippen LogP contribution < -0.4 is 5.32 Å². The average molecular weight is 275 g/mol. The minimum atomic E-state index is -4.08. The van der Waals surface area contributed by atoms with Crippen LogP contribution in [0.5, 0.6) is 0 Å². The number of likely N-dealkylation sites (tertiary alicyclic amines) is 1. The third-order valence-corrected chi connectivity index (χ3v) is 3.56. The van der Waals surface area contributed by atoms with Crippen LogP contribution in [0.1, 0.15) is 12.1 Å². The van der Waals surface area contributed by atoms with E-state index in [1.165, 1.54) is 10.6 Å². The summed E-state index contributed by atoms with van der Waals surface area (Å²) in [6, 6.07) is 4.02. The van der Waals surface area contributed by atoms with Crippen molar-refractivity contribution in [1.29, 1.82) is 0 Å². The predicted octanol–water partition coefficient (Wildman–Crippen LogP) is 2.00. The minimum Gasteiger partial charge on any atom is -0.353 e. The Hall–Kier alpha value is -1.01. The number of aryl methyl sites for hydroxylation is 1. The van der Waals surface area contributed by atoms with E-state index in [1.54, 1.807) is 0 Å². The first-order valence-corrected chi connectivity index (χ1v) is 6.54. The fourth-order valence-corrected chi connectivity index (χ4v) is 2.56. The van der Waals surface area contributed by atoms with E-state index >= 15 is 0 Å². The number of hydrogen-bond acceptors (Lipinski definition) is 2. The Morgan fingerprint density at radius 1 is 1.42 bits per heavy atom. The second kappa shape index (κ2) is 5.96. The maximum absolute atomic E-state index is 12.3. The summed E-state index contributed by atoms with van der Waals surface area (Å²) in [5.41, 5.74) is 1.19. The van der Waals surface area contributed by atoms with Crippen LogP contribution in [-0.2, 0) is 13.6 Å². The van der Waals surface area contributed by atoms with Crippen LogP contribution in [0.2, 0.25) is 0 Å². The smallest absolute Gasteiger partial charge is 0.353 e. The number of aromatic nitrogens is 1. The van der Waals surface area contributed by atoms with Crippen LogP contribution in [0.3, 0.4) is 0 Å². The maximum atomic E-state index is 12.3. The van der Waals surface area contributed by atoms with Gasteiger partial charge in [-0.25, -0.2) is 0 Å². The fourth-order valence-electron chi connectivity index (χ4n) is 2.56. The second-order valence-corrected chi connectivity index (χ2v) is 5.25. The predicted molar refractivity (Wildman–Crippen MR) is 67.7 cm³/mol. The standard InChI is InChI=1S/C13H20F3N3/c1-18-5-2-3-12(18)8-17-7-11-4-6-19(9-11)10-13(14,15)16/h2-3,5,11,17H,4,6-10H2,1H3. The van der Waals surface area contributed by atoms with Crippen molar-refractivity contribution in [2.75, 3.05) is 26.2 Å². The van der Waals surface area contributed by atoms with Gasteiger partial charge in [-0.1, -0.05) is 0 Å². The number of rotatable bonds is 5. The van der Waals surface area contributed by atoms with Gasteiger partial charge in [-0.05, 0) is 37.6 Å². The number of nitrogens with zero attached hydrogens (tertiary/aromatic N) is 2. The molecule has 0 spiro atoms. The van der Waals surface area contributed by atoms with E-state index in [4.69, 9.17) is 0 Å². The normalized spacial score (nSPS) is 21.2. The molecule has 108 valence electrons. The Kier molecular flexibility index (Phi) is 4.52. The molecule has 1 aliphatic heterocycles. The maximum Gasteiger partial charge on any atom is 0.401 e. The molecule has 0 amide bonds. The van der Waals surface area contributed by atoms with Crippen LogP contribution in [0.25, 0.3) is 0 Å². The molecule has 2 heterocycles.